The van der Waals surface area contributed by atoms with E-state index in [4.69, 9.17) is 15.4 Å². The maximum absolute atomic E-state index is 8.99. The zero-order valence-corrected chi connectivity index (χ0v) is 15.4. The van der Waals surface area contributed by atoms with Crippen molar-refractivity contribution in [3.63, 3.8) is 0 Å². The number of hydrogen-bond acceptors (Lipinski definition) is 4. The molecule has 0 spiro atoms. The standard InChI is InChI=1S/C17H15IN3OP/c18-23-21-16-8-14(4-2-13(16)10-20)22-17-6-3-12-7-11(9-19)1-5-15(12)17/h1-2,4-5,7-8,10,17,20-21,23H,3,6H2. The van der Waals surface area contributed by atoms with Gasteiger partial charge in [0.15, 0.2) is 0 Å². The Labute approximate surface area is 150 Å². The largest absolute Gasteiger partial charge is 0.486 e. The van der Waals surface area contributed by atoms with E-state index in [9.17, 15) is 0 Å². The third-order valence-corrected chi connectivity index (χ3v) is 5.11. The Morgan fingerprint density at radius 1 is 1.35 bits per heavy atom. The molecule has 0 fully saturated rings. The van der Waals surface area contributed by atoms with Gasteiger partial charge in [-0.2, -0.15) is 5.26 Å². The van der Waals surface area contributed by atoms with Crippen LogP contribution in [0.5, 0.6) is 5.75 Å². The van der Waals surface area contributed by atoms with Gasteiger partial charge in [0.05, 0.1) is 17.3 Å². The molecule has 116 valence electrons. The summed E-state index contributed by atoms with van der Waals surface area (Å²) in [6, 6.07) is 13.8. The first-order valence-corrected chi connectivity index (χ1v) is 11.3. The molecule has 0 radical (unpaired) electrons. The normalized spacial score (nSPS) is 16.1. The molecule has 3 rings (SSSR count). The lowest BCUT2D eigenvalue weighted by Crippen LogP contribution is -2.04. The number of fused-ring (bicyclic) bond motifs is 1. The molecule has 0 heterocycles. The molecule has 2 unspecified atom stereocenters. The number of benzene rings is 2. The summed E-state index contributed by atoms with van der Waals surface area (Å²) in [7, 11) is 0. The molecule has 0 aliphatic heterocycles. The van der Waals surface area contributed by atoms with Crippen LogP contribution in [0.25, 0.3) is 0 Å². The van der Waals surface area contributed by atoms with E-state index in [1.165, 1.54) is 17.3 Å². The number of ether oxygens (including phenoxy) is 1. The summed E-state index contributed by atoms with van der Waals surface area (Å²) >= 11 is 2.27. The molecule has 1 aliphatic carbocycles. The SMILES string of the molecule is N#Cc1ccc2c(c1)CCC2Oc1ccc(C=N)c(NPI)c1. The third kappa shape index (κ3) is 3.49. The van der Waals surface area contributed by atoms with Gasteiger partial charge in [-0.25, -0.2) is 0 Å². The summed E-state index contributed by atoms with van der Waals surface area (Å²) in [5.41, 5.74) is 4.85. The second kappa shape index (κ2) is 7.29. The van der Waals surface area contributed by atoms with Gasteiger partial charge in [0.2, 0.25) is 0 Å². The lowest BCUT2D eigenvalue weighted by Gasteiger charge is -2.17. The van der Waals surface area contributed by atoms with Gasteiger partial charge >= 0.3 is 0 Å². The van der Waals surface area contributed by atoms with Crippen molar-refractivity contribution in [2.45, 2.75) is 18.9 Å². The van der Waals surface area contributed by atoms with E-state index >= 15 is 0 Å². The predicted molar refractivity (Wildman–Crippen MR) is 103 cm³/mol. The minimum atomic E-state index is 0.0264. The fourth-order valence-electron chi connectivity index (χ4n) is 2.83. The van der Waals surface area contributed by atoms with Crippen LogP contribution < -0.4 is 9.82 Å². The Morgan fingerprint density at radius 2 is 2.22 bits per heavy atom. The van der Waals surface area contributed by atoms with Gasteiger partial charge in [-0.3, -0.25) is 0 Å². The number of nitrogens with zero attached hydrogens (tertiary/aromatic N) is 1. The Morgan fingerprint density at radius 3 is 2.96 bits per heavy atom. The fourth-order valence-corrected chi connectivity index (χ4v) is 4.02. The number of nitrogens with one attached hydrogen (secondary N) is 2. The van der Waals surface area contributed by atoms with E-state index in [-0.39, 0.29) is 6.10 Å². The maximum Gasteiger partial charge on any atom is 0.124 e. The average Bonchev–Trinajstić information content (AvgIpc) is 2.97. The highest BCUT2D eigenvalue weighted by atomic mass is 127. The maximum atomic E-state index is 8.99. The van der Waals surface area contributed by atoms with Gasteiger partial charge in [-0.1, -0.05) is 6.07 Å². The van der Waals surface area contributed by atoms with Crippen LogP contribution in [0.3, 0.4) is 0 Å². The molecule has 0 saturated heterocycles. The first kappa shape index (κ1) is 16.2. The zero-order valence-electron chi connectivity index (χ0n) is 12.3. The smallest absolute Gasteiger partial charge is 0.124 e. The van der Waals surface area contributed by atoms with Gasteiger partial charge in [-0.05, 0) is 70.3 Å². The number of hydrogen-bond donors (Lipinski definition) is 2. The minimum Gasteiger partial charge on any atom is -0.486 e. The van der Waals surface area contributed by atoms with Gasteiger partial charge in [-0.15, -0.1) is 0 Å². The Bertz CT molecular complexity index is 788. The van der Waals surface area contributed by atoms with Crippen molar-refractivity contribution in [1.29, 1.82) is 10.7 Å². The van der Waals surface area contributed by atoms with Crippen molar-refractivity contribution in [1.82, 2.24) is 0 Å². The Kier molecular flexibility index (Phi) is 5.14. The monoisotopic (exact) mass is 435 g/mol. The summed E-state index contributed by atoms with van der Waals surface area (Å²) in [4.78, 5) is 0. The number of rotatable bonds is 5. The van der Waals surface area contributed by atoms with Crippen LogP contribution in [0.1, 0.15) is 34.8 Å². The van der Waals surface area contributed by atoms with Crippen LogP contribution >= 0.6 is 28.4 Å². The van der Waals surface area contributed by atoms with Crippen molar-refractivity contribution in [3.8, 4) is 11.8 Å². The van der Waals surface area contributed by atoms with Crippen LogP contribution in [0, 0.1) is 16.7 Å². The molecular weight excluding hydrogens is 420 g/mol. The summed E-state index contributed by atoms with van der Waals surface area (Å²) in [6.07, 6.45) is 3.77. The van der Waals surface area contributed by atoms with E-state index in [1.807, 2.05) is 36.4 Å². The summed E-state index contributed by atoms with van der Waals surface area (Å²) in [6.45, 7) is 0. The quantitative estimate of drug-likeness (QED) is 0.396. The molecule has 0 amide bonds. The highest BCUT2D eigenvalue weighted by Crippen LogP contribution is 2.37. The van der Waals surface area contributed by atoms with E-state index in [2.05, 4.69) is 33.2 Å². The zero-order chi connectivity index (χ0) is 16.2. The van der Waals surface area contributed by atoms with Crippen molar-refractivity contribution < 1.29 is 4.74 Å². The second-order valence-corrected chi connectivity index (χ2v) is 7.34. The number of halogens is 1. The molecule has 6 heteroatoms. The highest BCUT2D eigenvalue weighted by Gasteiger charge is 2.24. The molecule has 2 aromatic rings. The molecule has 2 aromatic carbocycles. The van der Waals surface area contributed by atoms with Crippen molar-refractivity contribution >= 4 is 40.3 Å². The summed E-state index contributed by atoms with van der Waals surface area (Å²) in [5, 5.41) is 19.7. The molecule has 0 bridgehead atoms. The molecule has 0 saturated carbocycles. The Balaban J connectivity index is 1.83. The first-order chi connectivity index (χ1) is 11.2. The molecule has 0 aromatic heterocycles. The van der Waals surface area contributed by atoms with Gasteiger partial charge in [0.25, 0.3) is 0 Å². The van der Waals surface area contributed by atoms with Crippen molar-refractivity contribution in [2.24, 2.45) is 0 Å². The third-order valence-electron chi connectivity index (χ3n) is 3.94. The molecule has 4 nitrogen and oxygen atoms in total. The van der Waals surface area contributed by atoms with Crippen LogP contribution in [0.4, 0.5) is 5.69 Å². The second-order valence-electron chi connectivity index (χ2n) is 5.28. The molecular formula is C17H15IN3OP. The van der Waals surface area contributed by atoms with E-state index < -0.39 is 0 Å². The first-order valence-electron chi connectivity index (χ1n) is 7.21. The van der Waals surface area contributed by atoms with Crippen LogP contribution in [-0.2, 0) is 6.42 Å². The van der Waals surface area contributed by atoms with Crippen LogP contribution in [0.15, 0.2) is 36.4 Å². The molecule has 23 heavy (non-hydrogen) atoms. The van der Waals surface area contributed by atoms with Crippen LogP contribution in [0.2, 0.25) is 0 Å². The number of nitriles is 1. The number of aryl methyl sites for hydroxylation is 1. The van der Waals surface area contributed by atoms with Crippen LogP contribution in [-0.4, -0.2) is 6.21 Å². The Hall–Kier alpha value is -1.64. The lowest BCUT2D eigenvalue weighted by molar-refractivity contribution is 0.208. The van der Waals surface area contributed by atoms with Gasteiger partial charge in [0, 0.05) is 24.2 Å². The number of anilines is 1. The fraction of sp³-hybridized carbons (Fsp3) is 0.176. The lowest BCUT2D eigenvalue weighted by atomic mass is 10.1. The van der Waals surface area contributed by atoms with E-state index in [1.54, 1.807) is 0 Å². The molecule has 1 aliphatic rings. The topological polar surface area (TPSA) is 68.9 Å². The van der Waals surface area contributed by atoms with E-state index in [0.29, 0.717) is 11.9 Å². The molecule has 2 atom stereocenters. The van der Waals surface area contributed by atoms with Gasteiger partial charge < -0.3 is 15.2 Å². The van der Waals surface area contributed by atoms with E-state index in [0.717, 1.165) is 29.8 Å². The molecule has 2 N–H and O–H groups in total. The predicted octanol–water partition coefficient (Wildman–Crippen LogP) is 4.98. The highest BCUT2D eigenvalue weighted by molar-refractivity contribution is 14.2. The minimum absolute atomic E-state index is 0.0264. The van der Waals surface area contributed by atoms with Gasteiger partial charge in [0.1, 0.15) is 11.9 Å². The summed E-state index contributed by atoms with van der Waals surface area (Å²) < 4.78 is 6.16. The van der Waals surface area contributed by atoms with Crippen molar-refractivity contribution in [2.75, 3.05) is 5.09 Å². The summed E-state index contributed by atoms with van der Waals surface area (Å²) in [5.74, 6) is 0.801. The average molecular weight is 435 g/mol. The van der Waals surface area contributed by atoms with Crippen molar-refractivity contribution in [3.05, 3.63) is 58.7 Å².